The van der Waals surface area contributed by atoms with E-state index in [0.29, 0.717) is 0 Å². The van der Waals surface area contributed by atoms with Gasteiger partial charge in [0, 0.05) is 13.8 Å². The van der Waals surface area contributed by atoms with Crippen molar-refractivity contribution in [3.05, 3.63) is 0 Å². The molecular formula is C16H30N2O15S2. The fourth-order valence-corrected chi connectivity index (χ4v) is 5.92. The van der Waals surface area contributed by atoms with Gasteiger partial charge in [-0.1, -0.05) is 0 Å². The second-order valence-electron chi connectivity index (χ2n) is 7.74. The Bertz CT molecular complexity index is 943. The summed E-state index contributed by atoms with van der Waals surface area (Å²) >= 11 is 0. The van der Waals surface area contributed by atoms with E-state index in [9.17, 15) is 61.1 Å². The third-order valence-electron chi connectivity index (χ3n) is 5.07. The van der Waals surface area contributed by atoms with Crippen LogP contribution < -0.4 is 10.6 Å². The summed E-state index contributed by atoms with van der Waals surface area (Å²) in [5, 5.41) is 48.4. The number of amides is 2. The molecule has 206 valence electrons. The molecule has 0 unspecified atom stereocenters. The van der Waals surface area contributed by atoms with Crippen molar-refractivity contribution in [3.63, 3.8) is 0 Å². The van der Waals surface area contributed by atoms with Crippen molar-refractivity contribution < 1.29 is 70.5 Å². The fraction of sp³-hybridized carbons (Fsp3) is 0.875. The predicted molar refractivity (Wildman–Crippen MR) is 113 cm³/mol. The van der Waals surface area contributed by atoms with Crippen LogP contribution in [0.4, 0.5) is 0 Å². The number of hydrogen-bond acceptors (Lipinski definition) is 13. The van der Waals surface area contributed by atoms with E-state index in [2.05, 4.69) is 0 Å². The van der Waals surface area contributed by atoms with Crippen molar-refractivity contribution in [1.82, 2.24) is 10.6 Å². The second kappa shape index (κ2) is 12.6. The van der Waals surface area contributed by atoms with Crippen molar-refractivity contribution in [2.45, 2.75) is 67.1 Å². The molecule has 0 saturated carbocycles. The molecule has 17 nitrogen and oxygen atoms in total. The van der Waals surface area contributed by atoms with Crippen molar-refractivity contribution in [3.8, 4) is 0 Å². The molecule has 1 heterocycles. The largest absolute Gasteiger partial charge is 0.394 e. The van der Waals surface area contributed by atoms with Crippen LogP contribution in [0.3, 0.4) is 0 Å². The SMILES string of the molecule is CC(=O)N[C@H]1[C@H](O[C@@H]([C@@H]([C@H](CO)NC(C)=O)S(=O)(=O)O)[C@H](O)CO)O[C@H](CO)[C@H](O)[C@@H]1S(=O)(=O)O. The zero-order chi connectivity index (χ0) is 27.3. The van der Waals surface area contributed by atoms with E-state index in [1.165, 1.54) is 0 Å². The van der Waals surface area contributed by atoms with Gasteiger partial charge in [-0.05, 0) is 0 Å². The highest BCUT2D eigenvalue weighted by atomic mass is 32.2. The molecule has 9 N–H and O–H groups in total. The third kappa shape index (κ3) is 8.25. The molecule has 0 aromatic rings. The molecule has 2 amide bonds. The molecule has 0 spiro atoms. The first kappa shape index (κ1) is 31.5. The lowest BCUT2D eigenvalue weighted by Crippen LogP contribution is -2.68. The molecule has 1 rings (SSSR count). The lowest BCUT2D eigenvalue weighted by molar-refractivity contribution is -0.266. The molecule has 1 saturated heterocycles. The van der Waals surface area contributed by atoms with Gasteiger partial charge in [0.25, 0.3) is 20.2 Å². The molecule has 0 bridgehead atoms. The zero-order valence-electron chi connectivity index (χ0n) is 18.5. The average Bonchev–Trinajstić information content (AvgIpc) is 2.70. The minimum Gasteiger partial charge on any atom is -0.394 e. The summed E-state index contributed by atoms with van der Waals surface area (Å²) in [5.41, 5.74) is 0. The van der Waals surface area contributed by atoms with E-state index in [-0.39, 0.29) is 0 Å². The van der Waals surface area contributed by atoms with Crippen LogP contribution in [0.5, 0.6) is 0 Å². The van der Waals surface area contributed by atoms with Gasteiger partial charge in [0.15, 0.2) is 6.29 Å². The van der Waals surface area contributed by atoms with E-state index in [0.717, 1.165) is 13.8 Å². The molecule has 35 heavy (non-hydrogen) atoms. The number of nitrogens with one attached hydrogen (secondary N) is 2. The summed E-state index contributed by atoms with van der Waals surface area (Å²) in [6, 6.07) is -3.82. The fourth-order valence-electron chi connectivity index (χ4n) is 3.68. The summed E-state index contributed by atoms with van der Waals surface area (Å²) in [7, 11) is -10.5. The Kier molecular flexibility index (Phi) is 11.4. The Balaban J connectivity index is 3.65. The number of ether oxygens (including phenoxy) is 2. The Morgan fingerprint density at radius 2 is 1.60 bits per heavy atom. The standard InChI is InChI=1S/C16H30N2O15S2/c1-6(22)17-8(3-19)14(34(26,27)28)13(9(24)4-20)33-16-11(18-7(2)23)15(35(29,30)31)12(25)10(5-21)32-16/h8-16,19-21,24-25H,3-5H2,1-2H3,(H,17,22)(H,18,23)(H,26,27,28)(H,29,30,31)/t8-,9+,10+,11+,12-,13+,14+,15+,16-/m0/s1. The summed E-state index contributed by atoms with van der Waals surface area (Å²) in [6.45, 7) is -1.57. The van der Waals surface area contributed by atoms with Gasteiger partial charge in [0.2, 0.25) is 11.8 Å². The average molecular weight is 555 g/mol. The van der Waals surface area contributed by atoms with Crippen LogP contribution in [0.2, 0.25) is 0 Å². The van der Waals surface area contributed by atoms with Gasteiger partial charge in [0.05, 0.1) is 25.9 Å². The summed E-state index contributed by atoms with van der Waals surface area (Å²) in [6.07, 6.45) is -10.5. The van der Waals surface area contributed by atoms with Crippen molar-refractivity contribution in [1.29, 1.82) is 0 Å². The Morgan fingerprint density at radius 1 is 1.03 bits per heavy atom. The minimum atomic E-state index is -5.32. The summed E-state index contributed by atoms with van der Waals surface area (Å²) in [5.74, 6) is -1.82. The first-order chi connectivity index (χ1) is 16.0. The van der Waals surface area contributed by atoms with Crippen molar-refractivity contribution >= 4 is 32.1 Å². The van der Waals surface area contributed by atoms with Crippen LogP contribution in [0.15, 0.2) is 0 Å². The highest BCUT2D eigenvalue weighted by molar-refractivity contribution is 7.86. The minimum absolute atomic E-state index is 0.880. The maximum atomic E-state index is 12.2. The van der Waals surface area contributed by atoms with Crippen molar-refractivity contribution in [2.75, 3.05) is 19.8 Å². The zero-order valence-corrected chi connectivity index (χ0v) is 20.2. The lowest BCUT2D eigenvalue weighted by Gasteiger charge is -2.45. The maximum Gasteiger partial charge on any atom is 0.272 e. The Morgan fingerprint density at radius 3 is 1.97 bits per heavy atom. The molecule has 0 aromatic heterocycles. The van der Waals surface area contributed by atoms with Gasteiger partial charge < -0.3 is 45.6 Å². The molecular weight excluding hydrogens is 524 g/mol. The first-order valence-electron chi connectivity index (χ1n) is 9.95. The number of hydrogen-bond donors (Lipinski definition) is 9. The van der Waals surface area contributed by atoms with E-state index in [4.69, 9.17) is 9.47 Å². The molecule has 1 fully saturated rings. The number of carbonyl (C=O) groups is 2. The number of aliphatic hydroxyl groups is 5. The van der Waals surface area contributed by atoms with Gasteiger partial charge in [-0.15, -0.1) is 0 Å². The van der Waals surface area contributed by atoms with Gasteiger partial charge >= 0.3 is 0 Å². The van der Waals surface area contributed by atoms with Crippen LogP contribution in [0.1, 0.15) is 13.8 Å². The highest BCUT2D eigenvalue weighted by Gasteiger charge is 2.54. The molecule has 9 atom stereocenters. The predicted octanol–water partition coefficient (Wildman–Crippen LogP) is -5.68. The summed E-state index contributed by atoms with van der Waals surface area (Å²) in [4.78, 5) is 23.2. The maximum absolute atomic E-state index is 12.2. The quantitative estimate of drug-likeness (QED) is 0.102. The molecule has 19 heteroatoms. The first-order valence-corrected chi connectivity index (χ1v) is 13.0. The van der Waals surface area contributed by atoms with Gasteiger partial charge in [-0.3, -0.25) is 18.7 Å². The summed E-state index contributed by atoms with van der Waals surface area (Å²) < 4.78 is 78.3. The van der Waals surface area contributed by atoms with Crippen LogP contribution in [-0.4, -0.2) is 136 Å². The van der Waals surface area contributed by atoms with Crippen LogP contribution in [-0.2, 0) is 39.3 Å². The van der Waals surface area contributed by atoms with Crippen LogP contribution in [0, 0.1) is 0 Å². The molecule has 0 aromatic carbocycles. The topological polar surface area (TPSA) is 287 Å². The normalized spacial score (nSPS) is 29.0. The number of aliphatic hydroxyl groups excluding tert-OH is 5. The van der Waals surface area contributed by atoms with Crippen LogP contribution in [0.25, 0.3) is 0 Å². The molecule has 1 aliphatic heterocycles. The van der Waals surface area contributed by atoms with Gasteiger partial charge in [0.1, 0.15) is 41.0 Å². The third-order valence-corrected chi connectivity index (χ3v) is 7.62. The van der Waals surface area contributed by atoms with Gasteiger partial charge in [-0.25, -0.2) is 0 Å². The second-order valence-corrected chi connectivity index (χ2v) is 10.9. The number of carbonyl (C=O) groups excluding carboxylic acids is 2. The van der Waals surface area contributed by atoms with Gasteiger partial charge in [-0.2, -0.15) is 16.8 Å². The molecule has 0 radical (unpaired) electrons. The van der Waals surface area contributed by atoms with E-state index in [1.54, 1.807) is 0 Å². The van der Waals surface area contributed by atoms with Crippen molar-refractivity contribution in [2.24, 2.45) is 0 Å². The highest BCUT2D eigenvalue weighted by Crippen LogP contribution is 2.30. The lowest BCUT2D eigenvalue weighted by atomic mass is 9.98. The molecule has 1 aliphatic rings. The smallest absolute Gasteiger partial charge is 0.272 e. The molecule has 0 aliphatic carbocycles. The monoisotopic (exact) mass is 554 g/mol. The van der Waals surface area contributed by atoms with E-state index >= 15 is 0 Å². The Labute approximate surface area is 200 Å². The number of rotatable bonds is 12. The van der Waals surface area contributed by atoms with E-state index in [1.807, 2.05) is 10.6 Å². The van der Waals surface area contributed by atoms with E-state index < -0.39 is 105 Å². The van der Waals surface area contributed by atoms with Crippen LogP contribution >= 0.6 is 0 Å². The Hall–Kier alpha value is -1.52.